The average Bonchev–Trinajstić information content (AvgIpc) is 2.60. The molecule has 0 unspecified atom stereocenters. The van der Waals surface area contributed by atoms with Crippen molar-refractivity contribution in [2.75, 3.05) is 6.61 Å². The maximum Gasteiger partial charge on any atom is 0.321 e. The van der Waals surface area contributed by atoms with Crippen LogP contribution in [-0.4, -0.2) is 23.7 Å². The van der Waals surface area contributed by atoms with Crippen LogP contribution in [0, 0.1) is 11.7 Å². The van der Waals surface area contributed by atoms with Crippen molar-refractivity contribution < 1.29 is 23.8 Å². The number of cyclic esters (lactones) is 1. The zero-order valence-corrected chi connectivity index (χ0v) is 8.22. The summed E-state index contributed by atoms with van der Waals surface area (Å²) in [7, 11) is 0. The summed E-state index contributed by atoms with van der Waals surface area (Å²) in [5.41, 5.74) is 0.471. The number of hydrogen-bond donors (Lipinski definition) is 1. The Hall–Kier alpha value is -1.91. The van der Waals surface area contributed by atoms with Gasteiger partial charge in [-0.3, -0.25) is 9.59 Å². The first-order valence-electron chi connectivity index (χ1n) is 4.74. The molecule has 16 heavy (non-hydrogen) atoms. The third-order valence-corrected chi connectivity index (χ3v) is 2.60. The molecular weight excluding hydrogens is 215 g/mol. The van der Waals surface area contributed by atoms with Gasteiger partial charge in [0.05, 0.1) is 6.61 Å². The quantitative estimate of drug-likeness (QED) is 0.605. The van der Waals surface area contributed by atoms with Gasteiger partial charge < -0.3 is 9.84 Å². The third kappa shape index (κ3) is 1.76. The van der Waals surface area contributed by atoms with Crippen LogP contribution in [0.15, 0.2) is 24.3 Å². The van der Waals surface area contributed by atoms with E-state index in [1.165, 1.54) is 18.2 Å². The van der Waals surface area contributed by atoms with Crippen molar-refractivity contribution in [3.63, 3.8) is 0 Å². The molecule has 1 aliphatic heterocycles. The molecule has 1 aromatic carbocycles. The number of ether oxygens (including phenoxy) is 1. The van der Waals surface area contributed by atoms with Gasteiger partial charge >= 0.3 is 11.9 Å². The molecule has 1 saturated heterocycles. The number of carbonyl (C=O) groups excluding carboxylic acids is 1. The summed E-state index contributed by atoms with van der Waals surface area (Å²) >= 11 is 0. The highest BCUT2D eigenvalue weighted by molar-refractivity contribution is 5.96. The number of carbonyl (C=O) groups is 2. The van der Waals surface area contributed by atoms with E-state index in [0.29, 0.717) is 5.56 Å². The number of carboxylic acid groups (broad SMARTS) is 1. The highest BCUT2D eigenvalue weighted by atomic mass is 19.1. The molecule has 0 aliphatic carbocycles. The van der Waals surface area contributed by atoms with Crippen LogP contribution in [0.5, 0.6) is 0 Å². The smallest absolute Gasteiger partial charge is 0.321 e. The first kappa shape index (κ1) is 10.6. The second-order valence-corrected chi connectivity index (χ2v) is 3.61. The number of esters is 1. The van der Waals surface area contributed by atoms with Crippen LogP contribution in [-0.2, 0) is 14.3 Å². The van der Waals surface area contributed by atoms with Crippen LogP contribution < -0.4 is 0 Å². The second-order valence-electron chi connectivity index (χ2n) is 3.61. The Bertz CT molecular complexity index is 443. The Morgan fingerprint density at radius 1 is 1.50 bits per heavy atom. The molecule has 0 bridgehead atoms. The van der Waals surface area contributed by atoms with Crippen molar-refractivity contribution in [2.45, 2.75) is 5.92 Å². The molecule has 1 fully saturated rings. The van der Waals surface area contributed by atoms with Crippen molar-refractivity contribution >= 4 is 11.9 Å². The lowest BCUT2D eigenvalue weighted by atomic mass is 9.88. The third-order valence-electron chi connectivity index (χ3n) is 2.60. The average molecular weight is 224 g/mol. The zero-order valence-electron chi connectivity index (χ0n) is 8.22. The number of rotatable bonds is 2. The predicted octanol–water partition coefficient (Wildman–Crippen LogP) is 1.17. The van der Waals surface area contributed by atoms with Crippen LogP contribution in [0.4, 0.5) is 4.39 Å². The van der Waals surface area contributed by atoms with Gasteiger partial charge in [0.15, 0.2) is 5.92 Å². The minimum Gasteiger partial charge on any atom is -0.481 e. The van der Waals surface area contributed by atoms with Gasteiger partial charge in [-0.15, -0.1) is 0 Å². The minimum absolute atomic E-state index is 0.0146. The largest absolute Gasteiger partial charge is 0.481 e. The Morgan fingerprint density at radius 2 is 2.25 bits per heavy atom. The molecule has 1 N–H and O–H groups in total. The molecule has 84 valence electrons. The van der Waals surface area contributed by atoms with Gasteiger partial charge in [0.2, 0.25) is 0 Å². The van der Waals surface area contributed by atoms with E-state index in [9.17, 15) is 14.0 Å². The maximum absolute atomic E-state index is 13.0. The van der Waals surface area contributed by atoms with Gasteiger partial charge in [0.25, 0.3) is 0 Å². The number of halogens is 1. The number of carboxylic acids is 1. The molecule has 2 rings (SSSR count). The first-order chi connectivity index (χ1) is 7.59. The van der Waals surface area contributed by atoms with E-state index >= 15 is 0 Å². The molecule has 0 radical (unpaired) electrons. The Morgan fingerprint density at radius 3 is 2.88 bits per heavy atom. The second kappa shape index (κ2) is 3.92. The van der Waals surface area contributed by atoms with Crippen molar-refractivity contribution in [1.82, 2.24) is 0 Å². The van der Waals surface area contributed by atoms with E-state index < -0.39 is 29.6 Å². The molecule has 1 heterocycles. The topological polar surface area (TPSA) is 63.6 Å². The van der Waals surface area contributed by atoms with Crippen molar-refractivity contribution in [1.29, 1.82) is 0 Å². The monoisotopic (exact) mass is 224 g/mol. The molecule has 0 spiro atoms. The molecule has 0 saturated carbocycles. The summed E-state index contributed by atoms with van der Waals surface area (Å²) in [4.78, 5) is 22.1. The van der Waals surface area contributed by atoms with E-state index in [2.05, 4.69) is 0 Å². The number of benzene rings is 1. The molecule has 0 aromatic heterocycles. The summed E-state index contributed by atoms with van der Waals surface area (Å²) in [5, 5.41) is 8.89. The highest BCUT2D eigenvalue weighted by Crippen LogP contribution is 2.32. The van der Waals surface area contributed by atoms with E-state index in [1.807, 2.05) is 0 Å². The van der Waals surface area contributed by atoms with Gasteiger partial charge in [-0.25, -0.2) is 4.39 Å². The summed E-state index contributed by atoms with van der Waals surface area (Å²) in [6.07, 6.45) is 0. The summed E-state index contributed by atoms with van der Waals surface area (Å²) in [6.45, 7) is -0.0146. The summed E-state index contributed by atoms with van der Waals surface area (Å²) < 4.78 is 17.7. The van der Waals surface area contributed by atoms with E-state index in [4.69, 9.17) is 9.84 Å². The maximum atomic E-state index is 13.0. The molecule has 1 aliphatic rings. The lowest BCUT2D eigenvalue weighted by Crippen LogP contribution is -2.24. The Balaban J connectivity index is 2.34. The van der Waals surface area contributed by atoms with Gasteiger partial charge in [-0.2, -0.15) is 0 Å². The molecule has 0 amide bonds. The minimum atomic E-state index is -1.24. The van der Waals surface area contributed by atoms with E-state index in [0.717, 1.165) is 0 Å². The van der Waals surface area contributed by atoms with Gasteiger partial charge in [0, 0.05) is 5.92 Å². The van der Waals surface area contributed by atoms with Crippen LogP contribution in [0.1, 0.15) is 11.5 Å². The van der Waals surface area contributed by atoms with Crippen LogP contribution in [0.3, 0.4) is 0 Å². The van der Waals surface area contributed by atoms with Gasteiger partial charge in [-0.1, -0.05) is 12.1 Å². The summed E-state index contributed by atoms with van der Waals surface area (Å²) in [5.74, 6) is -4.30. The SMILES string of the molecule is O=C(O)[C@H]1C(=O)OC[C@@H]1c1cccc(F)c1. The lowest BCUT2D eigenvalue weighted by molar-refractivity contribution is -0.152. The summed E-state index contributed by atoms with van der Waals surface area (Å²) in [6, 6.07) is 5.55. The molecule has 2 atom stereocenters. The van der Waals surface area contributed by atoms with Gasteiger partial charge in [0.1, 0.15) is 5.82 Å². The normalized spacial score (nSPS) is 24.2. The Kier molecular flexibility index (Phi) is 2.60. The fourth-order valence-electron chi connectivity index (χ4n) is 1.82. The van der Waals surface area contributed by atoms with E-state index in [-0.39, 0.29) is 6.61 Å². The molecule has 5 heteroatoms. The number of hydrogen-bond acceptors (Lipinski definition) is 3. The van der Waals surface area contributed by atoms with Gasteiger partial charge in [-0.05, 0) is 17.7 Å². The number of aliphatic carboxylic acids is 1. The fraction of sp³-hybridized carbons (Fsp3) is 0.273. The van der Waals surface area contributed by atoms with Crippen LogP contribution in [0.25, 0.3) is 0 Å². The molecule has 4 nitrogen and oxygen atoms in total. The van der Waals surface area contributed by atoms with Crippen molar-refractivity contribution in [2.24, 2.45) is 5.92 Å². The van der Waals surface area contributed by atoms with E-state index in [1.54, 1.807) is 6.07 Å². The zero-order chi connectivity index (χ0) is 11.7. The van der Waals surface area contributed by atoms with Crippen molar-refractivity contribution in [3.8, 4) is 0 Å². The molecular formula is C11H9FO4. The van der Waals surface area contributed by atoms with Crippen LogP contribution >= 0.6 is 0 Å². The standard InChI is InChI=1S/C11H9FO4/c12-7-3-1-2-6(4-7)8-5-16-11(15)9(8)10(13)14/h1-4,8-9H,5H2,(H,13,14)/t8-,9+/m1/s1. The highest BCUT2D eigenvalue weighted by Gasteiger charge is 2.43. The van der Waals surface area contributed by atoms with Crippen LogP contribution in [0.2, 0.25) is 0 Å². The molecule has 1 aromatic rings. The Labute approximate surface area is 90.6 Å². The predicted molar refractivity (Wildman–Crippen MR) is 51.2 cm³/mol. The fourth-order valence-corrected chi connectivity index (χ4v) is 1.82. The lowest BCUT2D eigenvalue weighted by Gasteiger charge is -2.11. The first-order valence-corrected chi connectivity index (χ1v) is 4.74. The van der Waals surface area contributed by atoms with Crippen molar-refractivity contribution in [3.05, 3.63) is 35.6 Å².